The van der Waals surface area contributed by atoms with Gasteiger partial charge in [-0.05, 0) is 55.9 Å². The lowest BCUT2D eigenvalue weighted by molar-refractivity contribution is -0.122. The van der Waals surface area contributed by atoms with Crippen LogP contribution in [0.2, 0.25) is 0 Å². The molecule has 2 fully saturated rings. The number of thiocarbonyl (C=S) groups is 1. The molecular formula is C24H29N3OS2. The summed E-state index contributed by atoms with van der Waals surface area (Å²) in [7, 11) is 0. The molecule has 158 valence electrons. The second-order valence-corrected chi connectivity index (χ2v) is 10.6. The molecule has 4 rings (SSSR count). The number of amides is 1. The first kappa shape index (κ1) is 21.3. The van der Waals surface area contributed by atoms with Crippen LogP contribution < -0.4 is 4.90 Å². The van der Waals surface area contributed by atoms with Gasteiger partial charge in [0.15, 0.2) is 0 Å². The topological polar surface area (TPSA) is 36.4 Å². The zero-order valence-electron chi connectivity index (χ0n) is 18.1. The lowest BCUT2D eigenvalue weighted by atomic mass is 9.98. The predicted octanol–water partition coefficient (Wildman–Crippen LogP) is 5.64. The molecule has 0 N–H and O–H groups in total. The van der Waals surface area contributed by atoms with Crippen molar-refractivity contribution < 1.29 is 4.79 Å². The maximum Gasteiger partial charge on any atom is 0.266 e. The zero-order chi connectivity index (χ0) is 21.4. The number of piperidine rings is 1. The van der Waals surface area contributed by atoms with Crippen molar-refractivity contribution in [1.82, 2.24) is 9.88 Å². The van der Waals surface area contributed by atoms with E-state index in [4.69, 9.17) is 17.2 Å². The van der Waals surface area contributed by atoms with Crippen LogP contribution in [-0.4, -0.2) is 39.7 Å². The Balaban J connectivity index is 1.76. The summed E-state index contributed by atoms with van der Waals surface area (Å²) >= 11 is 6.90. The minimum absolute atomic E-state index is 0.0151. The van der Waals surface area contributed by atoms with Crippen molar-refractivity contribution in [1.29, 1.82) is 0 Å². The van der Waals surface area contributed by atoms with Crippen molar-refractivity contribution in [3.05, 3.63) is 40.3 Å². The normalized spacial score (nSPS) is 19.7. The molecule has 6 heteroatoms. The van der Waals surface area contributed by atoms with Crippen LogP contribution in [0.25, 0.3) is 17.0 Å². The number of rotatable bonds is 4. The van der Waals surface area contributed by atoms with E-state index in [0.717, 1.165) is 41.3 Å². The first-order valence-corrected chi connectivity index (χ1v) is 12.0. The van der Waals surface area contributed by atoms with E-state index in [2.05, 4.69) is 56.9 Å². The number of hydrogen-bond acceptors (Lipinski definition) is 5. The number of aromatic nitrogens is 1. The van der Waals surface area contributed by atoms with Crippen LogP contribution in [0.5, 0.6) is 0 Å². The fourth-order valence-electron chi connectivity index (χ4n) is 4.05. The van der Waals surface area contributed by atoms with Crippen LogP contribution in [0, 0.1) is 18.8 Å². The molecule has 0 bridgehead atoms. The molecule has 0 radical (unpaired) electrons. The van der Waals surface area contributed by atoms with Gasteiger partial charge >= 0.3 is 0 Å². The van der Waals surface area contributed by atoms with Crippen LogP contribution in [-0.2, 0) is 4.79 Å². The molecule has 0 saturated carbocycles. The number of pyridine rings is 1. The summed E-state index contributed by atoms with van der Waals surface area (Å²) in [6, 6.07) is 8.53. The number of carbonyl (C=O) groups excluding carboxylic acids is 1. The molecule has 4 nitrogen and oxygen atoms in total. The molecule has 30 heavy (non-hydrogen) atoms. The van der Waals surface area contributed by atoms with Crippen molar-refractivity contribution in [3.63, 3.8) is 0 Å². The summed E-state index contributed by atoms with van der Waals surface area (Å²) in [5.74, 6) is 2.12. The van der Waals surface area contributed by atoms with Gasteiger partial charge in [0.25, 0.3) is 5.91 Å². The minimum Gasteiger partial charge on any atom is -0.356 e. The number of aryl methyl sites for hydroxylation is 1. The molecule has 0 aliphatic carbocycles. The van der Waals surface area contributed by atoms with E-state index in [1.165, 1.54) is 30.2 Å². The van der Waals surface area contributed by atoms with Crippen LogP contribution in [0.3, 0.4) is 0 Å². The van der Waals surface area contributed by atoms with Crippen LogP contribution in [0.4, 0.5) is 5.82 Å². The van der Waals surface area contributed by atoms with E-state index in [-0.39, 0.29) is 5.91 Å². The molecule has 0 atom stereocenters. The number of thioether (sulfide) groups is 1. The average molecular weight is 440 g/mol. The highest BCUT2D eigenvalue weighted by atomic mass is 32.2. The largest absolute Gasteiger partial charge is 0.356 e. The number of hydrogen-bond donors (Lipinski definition) is 0. The van der Waals surface area contributed by atoms with Crippen molar-refractivity contribution in [2.75, 3.05) is 24.5 Å². The number of carbonyl (C=O) groups is 1. The number of anilines is 1. The van der Waals surface area contributed by atoms with Gasteiger partial charge in [-0.25, -0.2) is 4.98 Å². The molecule has 2 aliphatic rings. The third-order valence-corrected chi connectivity index (χ3v) is 7.15. The van der Waals surface area contributed by atoms with Crippen molar-refractivity contribution in [2.45, 2.75) is 40.5 Å². The smallest absolute Gasteiger partial charge is 0.266 e. The fourth-order valence-corrected chi connectivity index (χ4v) is 5.31. The lowest BCUT2D eigenvalue weighted by Crippen LogP contribution is -2.34. The highest BCUT2D eigenvalue weighted by molar-refractivity contribution is 8.26. The standard InChI is InChI=1S/C24H29N3OS2/c1-15(2)14-27-23(28)21(30-24(27)29)13-19-12-18-11-17(4)5-6-20(18)25-22(19)26-9-7-16(3)8-10-26/h5-6,11-13,15-16H,7-10,14H2,1-4H3/b21-13-. The molecule has 0 spiro atoms. The van der Waals surface area contributed by atoms with E-state index in [1.54, 1.807) is 4.90 Å². The second kappa shape index (κ2) is 8.67. The minimum atomic E-state index is 0.0151. The van der Waals surface area contributed by atoms with Gasteiger partial charge < -0.3 is 4.90 Å². The first-order chi connectivity index (χ1) is 14.3. The summed E-state index contributed by atoms with van der Waals surface area (Å²) in [6.07, 6.45) is 4.34. The molecule has 1 aromatic heterocycles. The van der Waals surface area contributed by atoms with E-state index in [0.29, 0.717) is 21.7 Å². The van der Waals surface area contributed by atoms with Gasteiger partial charge in [0.2, 0.25) is 0 Å². The number of fused-ring (bicyclic) bond motifs is 1. The molecule has 2 saturated heterocycles. The van der Waals surface area contributed by atoms with Gasteiger partial charge in [-0.1, -0.05) is 56.4 Å². The van der Waals surface area contributed by atoms with Gasteiger partial charge in [0, 0.05) is 30.6 Å². The number of nitrogens with zero attached hydrogens (tertiary/aromatic N) is 3. The Morgan fingerprint density at radius 3 is 2.70 bits per heavy atom. The van der Waals surface area contributed by atoms with Crippen LogP contribution in [0.1, 0.15) is 44.7 Å². The Hall–Kier alpha value is -1.92. The highest BCUT2D eigenvalue weighted by Gasteiger charge is 2.32. The molecule has 2 aromatic rings. The lowest BCUT2D eigenvalue weighted by Gasteiger charge is -2.32. The molecule has 1 aromatic carbocycles. The average Bonchev–Trinajstić information content (AvgIpc) is 2.95. The molecule has 3 heterocycles. The van der Waals surface area contributed by atoms with Gasteiger partial charge in [0.1, 0.15) is 10.1 Å². The summed E-state index contributed by atoms with van der Waals surface area (Å²) in [5, 5.41) is 1.10. The fraction of sp³-hybridized carbons (Fsp3) is 0.458. The maximum atomic E-state index is 13.0. The van der Waals surface area contributed by atoms with Crippen molar-refractivity contribution >= 4 is 57.0 Å². The Morgan fingerprint density at radius 1 is 1.27 bits per heavy atom. The summed E-state index contributed by atoms with van der Waals surface area (Å²) in [4.78, 5) is 22.9. The van der Waals surface area contributed by atoms with E-state index < -0.39 is 0 Å². The van der Waals surface area contributed by atoms with Crippen molar-refractivity contribution in [2.24, 2.45) is 11.8 Å². The number of benzene rings is 1. The third-order valence-electron chi connectivity index (χ3n) is 5.77. The first-order valence-electron chi connectivity index (χ1n) is 10.7. The van der Waals surface area contributed by atoms with Crippen LogP contribution in [0.15, 0.2) is 29.2 Å². The zero-order valence-corrected chi connectivity index (χ0v) is 19.8. The Kier molecular flexibility index (Phi) is 6.16. The Morgan fingerprint density at radius 2 is 2.00 bits per heavy atom. The maximum absolute atomic E-state index is 13.0. The summed E-state index contributed by atoms with van der Waals surface area (Å²) in [5.41, 5.74) is 3.21. The monoisotopic (exact) mass is 439 g/mol. The molecule has 1 amide bonds. The molecule has 0 unspecified atom stereocenters. The van der Waals surface area contributed by atoms with Crippen molar-refractivity contribution in [3.8, 4) is 0 Å². The van der Waals surface area contributed by atoms with E-state index in [9.17, 15) is 4.79 Å². The van der Waals surface area contributed by atoms with Gasteiger partial charge in [-0.3, -0.25) is 9.69 Å². The van der Waals surface area contributed by atoms with E-state index in [1.807, 2.05) is 6.08 Å². The Bertz CT molecular complexity index is 1020. The quantitative estimate of drug-likeness (QED) is 0.455. The van der Waals surface area contributed by atoms with Gasteiger partial charge in [-0.2, -0.15) is 0 Å². The SMILES string of the molecule is Cc1ccc2nc(N3CCC(C)CC3)c(/C=C3\SC(=S)N(CC(C)C)C3=O)cc2c1. The Labute approximate surface area is 188 Å². The molecular weight excluding hydrogens is 410 g/mol. The third kappa shape index (κ3) is 4.40. The van der Waals surface area contributed by atoms with E-state index >= 15 is 0 Å². The highest BCUT2D eigenvalue weighted by Crippen LogP contribution is 2.36. The van der Waals surface area contributed by atoms with Crippen LogP contribution >= 0.6 is 24.0 Å². The second-order valence-electron chi connectivity index (χ2n) is 8.95. The summed E-state index contributed by atoms with van der Waals surface area (Å²) in [6.45, 7) is 11.3. The summed E-state index contributed by atoms with van der Waals surface area (Å²) < 4.78 is 0.651. The predicted molar refractivity (Wildman–Crippen MR) is 132 cm³/mol. The van der Waals surface area contributed by atoms with Gasteiger partial charge in [0.05, 0.1) is 10.4 Å². The molecule has 2 aliphatic heterocycles. The van der Waals surface area contributed by atoms with Gasteiger partial charge in [-0.15, -0.1) is 0 Å².